The Hall–Kier alpha value is -2.41. The topological polar surface area (TPSA) is 98.3 Å². The smallest absolute Gasteiger partial charge is 0.385 e. The maximum absolute atomic E-state index is 11.5. The number of carboxylic acids is 1. The highest BCUT2D eigenvalue weighted by Crippen LogP contribution is 2.28. The second kappa shape index (κ2) is 5.92. The SMILES string of the molecule is Cn1cnc([N+](=O)[O-])c1C(Cc1ccc(Cl)cc1)C(=O)O. The molecule has 0 aliphatic heterocycles. The van der Waals surface area contributed by atoms with E-state index in [2.05, 4.69) is 4.98 Å². The van der Waals surface area contributed by atoms with Crippen molar-refractivity contribution < 1.29 is 14.8 Å². The van der Waals surface area contributed by atoms with Gasteiger partial charge in [0.25, 0.3) is 0 Å². The van der Waals surface area contributed by atoms with Gasteiger partial charge in [0.15, 0.2) is 0 Å². The molecule has 0 bridgehead atoms. The van der Waals surface area contributed by atoms with Gasteiger partial charge in [0.2, 0.25) is 6.33 Å². The molecule has 1 aromatic carbocycles. The summed E-state index contributed by atoms with van der Waals surface area (Å²) in [5, 5.41) is 20.9. The van der Waals surface area contributed by atoms with E-state index < -0.39 is 22.6 Å². The lowest BCUT2D eigenvalue weighted by molar-refractivity contribution is -0.390. The second-order valence-corrected chi connectivity index (χ2v) is 4.98. The Bertz CT molecular complexity index is 681. The van der Waals surface area contributed by atoms with E-state index in [1.54, 1.807) is 24.3 Å². The fourth-order valence-electron chi connectivity index (χ4n) is 2.13. The molecule has 2 aromatic rings. The zero-order valence-electron chi connectivity index (χ0n) is 11.1. The van der Waals surface area contributed by atoms with Crippen molar-refractivity contribution in [2.75, 3.05) is 0 Å². The van der Waals surface area contributed by atoms with E-state index in [9.17, 15) is 20.0 Å². The molecule has 0 aliphatic rings. The molecule has 0 saturated heterocycles. The number of aliphatic carboxylic acids is 1. The average molecular weight is 310 g/mol. The molecule has 0 saturated carbocycles. The van der Waals surface area contributed by atoms with Crippen LogP contribution in [0.2, 0.25) is 5.02 Å². The molecular weight excluding hydrogens is 298 g/mol. The number of benzene rings is 1. The summed E-state index contributed by atoms with van der Waals surface area (Å²) in [5.41, 5.74) is 0.796. The van der Waals surface area contributed by atoms with Gasteiger partial charge in [-0.15, -0.1) is 0 Å². The molecule has 0 aliphatic carbocycles. The summed E-state index contributed by atoms with van der Waals surface area (Å²) < 4.78 is 1.37. The second-order valence-electron chi connectivity index (χ2n) is 4.54. The Kier molecular flexibility index (Phi) is 4.23. The van der Waals surface area contributed by atoms with Gasteiger partial charge in [-0.1, -0.05) is 23.7 Å². The van der Waals surface area contributed by atoms with Crippen molar-refractivity contribution in [3.05, 3.63) is 57.0 Å². The summed E-state index contributed by atoms with van der Waals surface area (Å²) in [6, 6.07) is 6.68. The van der Waals surface area contributed by atoms with E-state index in [1.165, 1.54) is 17.9 Å². The van der Waals surface area contributed by atoms with Crippen molar-refractivity contribution in [3.63, 3.8) is 0 Å². The predicted molar refractivity (Wildman–Crippen MR) is 75.4 cm³/mol. The molecule has 1 heterocycles. The molecule has 0 amide bonds. The zero-order chi connectivity index (χ0) is 15.6. The number of carbonyl (C=O) groups is 1. The third kappa shape index (κ3) is 3.19. The van der Waals surface area contributed by atoms with Crippen LogP contribution in [0.5, 0.6) is 0 Å². The van der Waals surface area contributed by atoms with Crippen LogP contribution in [0.15, 0.2) is 30.6 Å². The number of aryl methyl sites for hydroxylation is 1. The van der Waals surface area contributed by atoms with Crippen LogP contribution in [-0.2, 0) is 18.3 Å². The lowest BCUT2D eigenvalue weighted by Gasteiger charge is -2.12. The summed E-state index contributed by atoms with van der Waals surface area (Å²) in [6.45, 7) is 0. The first-order valence-electron chi connectivity index (χ1n) is 6.03. The first kappa shape index (κ1) is 15.0. The highest BCUT2D eigenvalue weighted by Gasteiger charge is 2.32. The number of hydrogen-bond donors (Lipinski definition) is 1. The van der Waals surface area contributed by atoms with Crippen LogP contribution in [0.3, 0.4) is 0 Å². The molecule has 8 heteroatoms. The normalized spacial score (nSPS) is 12.1. The largest absolute Gasteiger partial charge is 0.481 e. The number of carboxylic acid groups (broad SMARTS) is 1. The summed E-state index contributed by atoms with van der Waals surface area (Å²) in [7, 11) is 1.53. The van der Waals surface area contributed by atoms with Crippen LogP contribution in [0, 0.1) is 10.1 Å². The van der Waals surface area contributed by atoms with Crippen molar-refractivity contribution >= 4 is 23.4 Å². The van der Waals surface area contributed by atoms with Crippen LogP contribution >= 0.6 is 11.6 Å². The molecule has 21 heavy (non-hydrogen) atoms. The lowest BCUT2D eigenvalue weighted by Crippen LogP contribution is -2.18. The predicted octanol–water partition coefficient (Wildman–Crippen LogP) is 2.39. The summed E-state index contributed by atoms with van der Waals surface area (Å²) in [6.07, 6.45) is 1.36. The van der Waals surface area contributed by atoms with Gasteiger partial charge < -0.3 is 19.8 Å². The van der Waals surface area contributed by atoms with Gasteiger partial charge in [0.1, 0.15) is 11.6 Å². The molecule has 1 unspecified atom stereocenters. The third-order valence-corrected chi connectivity index (χ3v) is 3.37. The minimum Gasteiger partial charge on any atom is -0.481 e. The molecular formula is C13H12ClN3O4. The Labute approximate surface area is 124 Å². The van der Waals surface area contributed by atoms with E-state index >= 15 is 0 Å². The van der Waals surface area contributed by atoms with Crippen LogP contribution in [0.4, 0.5) is 5.82 Å². The number of aromatic nitrogens is 2. The molecule has 2 rings (SSSR count). The fraction of sp³-hybridized carbons (Fsp3) is 0.231. The summed E-state index contributed by atoms with van der Waals surface area (Å²) in [5.74, 6) is -2.63. The molecule has 110 valence electrons. The summed E-state index contributed by atoms with van der Waals surface area (Å²) in [4.78, 5) is 25.5. The van der Waals surface area contributed by atoms with Gasteiger partial charge in [-0.3, -0.25) is 4.79 Å². The van der Waals surface area contributed by atoms with Crippen molar-refractivity contribution in [2.45, 2.75) is 12.3 Å². The fourth-order valence-corrected chi connectivity index (χ4v) is 2.25. The highest BCUT2D eigenvalue weighted by atomic mass is 35.5. The van der Waals surface area contributed by atoms with E-state index in [4.69, 9.17) is 11.6 Å². The Morgan fingerprint density at radius 2 is 2.10 bits per heavy atom. The Morgan fingerprint density at radius 3 is 2.62 bits per heavy atom. The monoisotopic (exact) mass is 309 g/mol. The van der Waals surface area contributed by atoms with Gasteiger partial charge in [-0.25, -0.2) is 0 Å². The van der Waals surface area contributed by atoms with Gasteiger partial charge in [0.05, 0.1) is 0 Å². The van der Waals surface area contributed by atoms with Gasteiger partial charge >= 0.3 is 11.8 Å². The molecule has 0 fully saturated rings. The van der Waals surface area contributed by atoms with Crippen LogP contribution in [0.1, 0.15) is 17.2 Å². The number of hydrogen-bond acceptors (Lipinski definition) is 4. The quantitative estimate of drug-likeness (QED) is 0.675. The van der Waals surface area contributed by atoms with Crippen molar-refractivity contribution in [3.8, 4) is 0 Å². The molecule has 0 radical (unpaired) electrons. The average Bonchev–Trinajstić information content (AvgIpc) is 2.79. The number of halogens is 1. The van der Waals surface area contributed by atoms with E-state index in [-0.39, 0.29) is 12.1 Å². The van der Waals surface area contributed by atoms with Gasteiger partial charge in [0, 0.05) is 12.1 Å². The third-order valence-electron chi connectivity index (χ3n) is 3.12. The zero-order valence-corrected chi connectivity index (χ0v) is 11.8. The molecule has 1 aromatic heterocycles. The molecule has 1 atom stereocenters. The summed E-state index contributed by atoms with van der Waals surface area (Å²) >= 11 is 5.78. The van der Waals surface area contributed by atoms with E-state index in [0.717, 1.165) is 5.56 Å². The van der Waals surface area contributed by atoms with Gasteiger partial charge in [-0.05, 0) is 34.0 Å². The first-order valence-corrected chi connectivity index (χ1v) is 6.40. The minimum absolute atomic E-state index is 0.0717. The number of imidazole rings is 1. The van der Waals surface area contributed by atoms with Gasteiger partial charge in [-0.2, -0.15) is 0 Å². The Morgan fingerprint density at radius 1 is 1.48 bits per heavy atom. The lowest BCUT2D eigenvalue weighted by atomic mass is 9.96. The molecule has 7 nitrogen and oxygen atoms in total. The maximum atomic E-state index is 11.5. The Balaban J connectivity index is 2.40. The van der Waals surface area contributed by atoms with Crippen LogP contribution in [-0.4, -0.2) is 25.6 Å². The maximum Gasteiger partial charge on any atom is 0.385 e. The standard InChI is InChI=1S/C13H12ClN3O4/c1-16-7-15-12(17(20)21)11(16)10(13(18)19)6-8-2-4-9(14)5-3-8/h2-5,7,10H,6H2,1H3,(H,18,19). The molecule has 0 spiro atoms. The van der Waals surface area contributed by atoms with Crippen molar-refractivity contribution in [1.29, 1.82) is 0 Å². The van der Waals surface area contributed by atoms with Crippen LogP contribution in [0.25, 0.3) is 0 Å². The van der Waals surface area contributed by atoms with Crippen LogP contribution < -0.4 is 0 Å². The number of nitrogens with zero attached hydrogens (tertiary/aromatic N) is 3. The molecule has 1 N–H and O–H groups in total. The van der Waals surface area contributed by atoms with Crippen molar-refractivity contribution in [1.82, 2.24) is 9.55 Å². The highest BCUT2D eigenvalue weighted by molar-refractivity contribution is 6.30. The minimum atomic E-state index is -1.14. The number of nitro groups is 1. The van der Waals surface area contributed by atoms with E-state index in [0.29, 0.717) is 5.02 Å². The van der Waals surface area contributed by atoms with Crippen molar-refractivity contribution in [2.24, 2.45) is 7.05 Å². The first-order chi connectivity index (χ1) is 9.90. The van der Waals surface area contributed by atoms with E-state index in [1.807, 2.05) is 0 Å². The number of rotatable bonds is 5.